The van der Waals surface area contributed by atoms with E-state index >= 15 is 0 Å². The molecule has 1 heterocycles. The van der Waals surface area contributed by atoms with Crippen LogP contribution in [-0.2, 0) is 18.3 Å². The number of hydrogen-bond donors (Lipinski definition) is 1. The highest BCUT2D eigenvalue weighted by atomic mass is 32.2. The Bertz CT molecular complexity index is 679. The zero-order valence-electron chi connectivity index (χ0n) is 12.9. The average molecular weight is 316 g/mol. The third-order valence-electron chi connectivity index (χ3n) is 3.82. The predicted molar refractivity (Wildman–Crippen MR) is 88.2 cm³/mol. The van der Waals surface area contributed by atoms with Crippen LogP contribution in [0.5, 0.6) is 0 Å². The summed E-state index contributed by atoms with van der Waals surface area (Å²) in [5.74, 6) is 1.94. The Morgan fingerprint density at radius 3 is 2.86 bits per heavy atom. The van der Waals surface area contributed by atoms with Crippen molar-refractivity contribution in [3.8, 4) is 0 Å². The molecule has 1 aliphatic carbocycles. The molecule has 22 heavy (non-hydrogen) atoms. The average Bonchev–Trinajstić information content (AvgIpc) is 3.30. The second-order valence-corrected chi connectivity index (χ2v) is 6.46. The Labute approximate surface area is 134 Å². The smallest absolute Gasteiger partial charge is 0.234 e. The summed E-state index contributed by atoms with van der Waals surface area (Å²) in [7, 11) is 1.97. The summed E-state index contributed by atoms with van der Waals surface area (Å²) in [6.07, 6.45) is 3.30. The van der Waals surface area contributed by atoms with Crippen LogP contribution in [0.1, 0.15) is 37.1 Å². The van der Waals surface area contributed by atoms with Gasteiger partial charge in [0.25, 0.3) is 0 Å². The standard InChI is InChI=1S/C16H20N4OS/c1-3-11-6-4-5-7-13(11)17-14(21)10-22-16-19-18-15(20(16)2)12-8-9-12/h4-7,12H,3,8-10H2,1-2H3,(H,17,21). The molecule has 1 aromatic carbocycles. The third kappa shape index (κ3) is 3.32. The van der Waals surface area contributed by atoms with Gasteiger partial charge >= 0.3 is 0 Å². The summed E-state index contributed by atoms with van der Waals surface area (Å²) in [6, 6.07) is 7.90. The van der Waals surface area contributed by atoms with Crippen molar-refractivity contribution < 1.29 is 4.79 Å². The van der Waals surface area contributed by atoms with Crippen molar-refractivity contribution in [3.63, 3.8) is 0 Å². The van der Waals surface area contributed by atoms with Crippen LogP contribution in [0.3, 0.4) is 0 Å². The van der Waals surface area contributed by atoms with Gasteiger partial charge in [0.2, 0.25) is 5.91 Å². The van der Waals surface area contributed by atoms with Crippen molar-refractivity contribution in [2.24, 2.45) is 7.05 Å². The van der Waals surface area contributed by atoms with Crippen LogP contribution in [0.4, 0.5) is 5.69 Å². The number of carbonyl (C=O) groups excluding carboxylic acids is 1. The Hall–Kier alpha value is -1.82. The number of thioether (sulfide) groups is 1. The summed E-state index contributed by atoms with van der Waals surface area (Å²) in [6.45, 7) is 2.08. The molecule has 1 amide bonds. The van der Waals surface area contributed by atoms with Gasteiger partial charge < -0.3 is 9.88 Å². The Balaban J connectivity index is 1.58. The fourth-order valence-corrected chi connectivity index (χ4v) is 3.13. The van der Waals surface area contributed by atoms with Crippen molar-refractivity contribution in [1.29, 1.82) is 0 Å². The van der Waals surface area contributed by atoms with Gasteiger partial charge in [-0.15, -0.1) is 10.2 Å². The number of carbonyl (C=O) groups is 1. The Kier molecular flexibility index (Phi) is 4.47. The monoisotopic (exact) mass is 316 g/mol. The van der Waals surface area contributed by atoms with Gasteiger partial charge in [-0.2, -0.15) is 0 Å². The van der Waals surface area contributed by atoms with Crippen molar-refractivity contribution in [1.82, 2.24) is 14.8 Å². The maximum Gasteiger partial charge on any atom is 0.234 e. The van der Waals surface area contributed by atoms with Crippen molar-refractivity contribution in [3.05, 3.63) is 35.7 Å². The molecular weight excluding hydrogens is 296 g/mol. The summed E-state index contributed by atoms with van der Waals surface area (Å²) < 4.78 is 2.01. The molecule has 1 aliphatic rings. The molecule has 0 bridgehead atoms. The van der Waals surface area contributed by atoms with Gasteiger partial charge in [0.15, 0.2) is 5.16 Å². The zero-order valence-corrected chi connectivity index (χ0v) is 13.7. The van der Waals surface area contributed by atoms with E-state index in [1.54, 1.807) is 0 Å². The van der Waals surface area contributed by atoms with Gasteiger partial charge in [0.1, 0.15) is 5.82 Å². The lowest BCUT2D eigenvalue weighted by Gasteiger charge is -2.09. The SMILES string of the molecule is CCc1ccccc1NC(=O)CSc1nnc(C2CC2)n1C. The molecule has 1 N–H and O–H groups in total. The first-order valence-corrected chi connectivity index (χ1v) is 8.57. The number of para-hydroxylation sites is 1. The largest absolute Gasteiger partial charge is 0.325 e. The number of nitrogens with zero attached hydrogens (tertiary/aromatic N) is 3. The first kappa shape index (κ1) is 15.1. The first-order chi connectivity index (χ1) is 10.7. The minimum atomic E-state index is -0.0122. The molecule has 0 saturated heterocycles. The van der Waals surface area contributed by atoms with E-state index in [1.807, 2.05) is 35.9 Å². The summed E-state index contributed by atoms with van der Waals surface area (Å²) in [4.78, 5) is 12.1. The number of aromatic nitrogens is 3. The summed E-state index contributed by atoms with van der Waals surface area (Å²) >= 11 is 1.43. The number of nitrogens with one attached hydrogen (secondary N) is 1. The van der Waals surface area contributed by atoms with Crippen LogP contribution in [0.15, 0.2) is 29.4 Å². The van der Waals surface area contributed by atoms with Gasteiger partial charge in [0, 0.05) is 18.7 Å². The lowest BCUT2D eigenvalue weighted by molar-refractivity contribution is -0.113. The highest BCUT2D eigenvalue weighted by molar-refractivity contribution is 7.99. The van der Waals surface area contributed by atoms with Crippen LogP contribution in [0.2, 0.25) is 0 Å². The molecule has 0 atom stereocenters. The molecule has 1 fully saturated rings. The number of amides is 1. The minimum absolute atomic E-state index is 0.0122. The highest BCUT2D eigenvalue weighted by Crippen LogP contribution is 2.39. The second-order valence-electron chi connectivity index (χ2n) is 5.52. The fraction of sp³-hybridized carbons (Fsp3) is 0.438. The number of hydrogen-bond acceptors (Lipinski definition) is 4. The lowest BCUT2D eigenvalue weighted by Crippen LogP contribution is -2.15. The molecule has 116 valence electrons. The third-order valence-corrected chi connectivity index (χ3v) is 4.84. The molecule has 3 rings (SSSR count). The molecule has 0 spiro atoms. The Morgan fingerprint density at radius 1 is 1.36 bits per heavy atom. The first-order valence-electron chi connectivity index (χ1n) is 7.59. The predicted octanol–water partition coefficient (Wildman–Crippen LogP) is 2.99. The summed E-state index contributed by atoms with van der Waals surface area (Å²) in [5, 5.41) is 12.2. The number of aryl methyl sites for hydroxylation is 1. The van der Waals surface area contributed by atoms with E-state index in [0.29, 0.717) is 11.7 Å². The van der Waals surface area contributed by atoms with E-state index in [9.17, 15) is 4.79 Å². The zero-order chi connectivity index (χ0) is 15.5. The lowest BCUT2D eigenvalue weighted by atomic mass is 10.1. The van der Waals surface area contributed by atoms with Gasteiger partial charge in [-0.3, -0.25) is 4.79 Å². The van der Waals surface area contributed by atoms with E-state index in [1.165, 1.54) is 24.6 Å². The molecular formula is C16H20N4OS. The van der Waals surface area contributed by atoms with Gasteiger partial charge in [-0.1, -0.05) is 36.9 Å². The van der Waals surface area contributed by atoms with Crippen LogP contribution in [0.25, 0.3) is 0 Å². The Morgan fingerprint density at radius 2 is 2.14 bits per heavy atom. The maximum atomic E-state index is 12.1. The summed E-state index contributed by atoms with van der Waals surface area (Å²) in [5.41, 5.74) is 2.04. The van der Waals surface area contributed by atoms with E-state index in [-0.39, 0.29) is 5.91 Å². The number of benzene rings is 1. The molecule has 0 unspecified atom stereocenters. The van der Waals surface area contributed by atoms with E-state index in [0.717, 1.165) is 28.7 Å². The van der Waals surface area contributed by atoms with Gasteiger partial charge in [-0.05, 0) is 30.9 Å². The van der Waals surface area contributed by atoms with Crippen molar-refractivity contribution in [2.75, 3.05) is 11.1 Å². The second kappa shape index (κ2) is 6.52. The molecule has 6 heteroatoms. The van der Waals surface area contributed by atoms with Crippen molar-refractivity contribution >= 4 is 23.4 Å². The topological polar surface area (TPSA) is 59.8 Å². The molecule has 2 aromatic rings. The van der Waals surface area contributed by atoms with Crippen LogP contribution in [-0.4, -0.2) is 26.4 Å². The van der Waals surface area contributed by atoms with Gasteiger partial charge in [0.05, 0.1) is 5.75 Å². The molecule has 5 nitrogen and oxygen atoms in total. The van der Waals surface area contributed by atoms with E-state index < -0.39 is 0 Å². The highest BCUT2D eigenvalue weighted by Gasteiger charge is 2.29. The minimum Gasteiger partial charge on any atom is -0.325 e. The fourth-order valence-electron chi connectivity index (χ4n) is 2.42. The molecule has 0 aliphatic heterocycles. The van der Waals surface area contributed by atoms with Gasteiger partial charge in [-0.25, -0.2) is 0 Å². The maximum absolute atomic E-state index is 12.1. The van der Waals surface area contributed by atoms with Crippen LogP contribution >= 0.6 is 11.8 Å². The quantitative estimate of drug-likeness (QED) is 0.832. The molecule has 1 saturated carbocycles. The number of rotatable bonds is 6. The normalized spacial score (nSPS) is 14.1. The van der Waals surface area contributed by atoms with Crippen LogP contribution < -0.4 is 5.32 Å². The van der Waals surface area contributed by atoms with Crippen molar-refractivity contribution in [2.45, 2.75) is 37.3 Å². The number of anilines is 1. The molecule has 0 radical (unpaired) electrons. The van der Waals surface area contributed by atoms with E-state index in [2.05, 4.69) is 22.4 Å². The van der Waals surface area contributed by atoms with Crippen LogP contribution in [0, 0.1) is 0 Å². The van der Waals surface area contributed by atoms with E-state index in [4.69, 9.17) is 0 Å². The molecule has 1 aromatic heterocycles.